The maximum atomic E-state index is 12.3. The van der Waals surface area contributed by atoms with E-state index in [4.69, 9.17) is 0 Å². The van der Waals surface area contributed by atoms with Crippen molar-refractivity contribution in [2.24, 2.45) is 0 Å². The predicted octanol–water partition coefficient (Wildman–Crippen LogP) is 1.33. The summed E-state index contributed by atoms with van der Waals surface area (Å²) < 4.78 is 0. The molecule has 1 aliphatic rings. The Bertz CT molecular complexity index is 521. The molecule has 1 amide bonds. The highest BCUT2D eigenvalue weighted by Crippen LogP contribution is 2.23. The first-order valence-corrected chi connectivity index (χ1v) is 8.20. The number of pyridine rings is 1. The third-order valence-corrected chi connectivity index (χ3v) is 4.73. The van der Waals surface area contributed by atoms with Gasteiger partial charge in [-0.05, 0) is 37.8 Å². The van der Waals surface area contributed by atoms with Gasteiger partial charge in [-0.15, -0.1) is 0 Å². The van der Waals surface area contributed by atoms with Gasteiger partial charge in [-0.2, -0.15) is 0 Å². The van der Waals surface area contributed by atoms with Crippen molar-refractivity contribution in [3.8, 4) is 0 Å². The minimum absolute atomic E-state index is 0.0426. The lowest BCUT2D eigenvalue weighted by molar-refractivity contribution is -0.255. The normalized spacial score (nSPS) is 18.5. The molecule has 0 aliphatic carbocycles. The maximum Gasteiger partial charge on any atom is 0.233 e. The zero-order valence-corrected chi connectivity index (χ0v) is 12.9. The number of likely N-dealkylation sites (tertiary alicyclic amines) is 1. The number of carboxylic acids is 1. The molecule has 0 aromatic carbocycles. The molecule has 5 nitrogen and oxygen atoms in total. The Labute approximate surface area is 128 Å². The first kappa shape index (κ1) is 15.8. The second kappa shape index (κ2) is 7.45. The van der Waals surface area contributed by atoms with Crippen molar-refractivity contribution >= 4 is 23.6 Å². The van der Waals surface area contributed by atoms with Crippen LogP contribution >= 0.6 is 11.8 Å². The van der Waals surface area contributed by atoms with Crippen LogP contribution in [0.1, 0.15) is 43.0 Å². The highest BCUT2D eigenvalue weighted by atomic mass is 32.2. The first-order valence-electron chi connectivity index (χ1n) is 7.22. The van der Waals surface area contributed by atoms with E-state index in [-0.39, 0.29) is 17.2 Å². The molecule has 0 bridgehead atoms. The lowest BCUT2D eigenvalue weighted by atomic mass is 10.0. The third-order valence-electron chi connectivity index (χ3n) is 3.74. The molecule has 114 valence electrons. The minimum atomic E-state index is -1.26. The van der Waals surface area contributed by atoms with Crippen molar-refractivity contribution in [1.29, 1.82) is 0 Å². The molecule has 21 heavy (non-hydrogen) atoms. The average molecular weight is 307 g/mol. The summed E-state index contributed by atoms with van der Waals surface area (Å²) >= 11 is 1.17. The van der Waals surface area contributed by atoms with Crippen LogP contribution < -0.4 is 5.11 Å². The highest BCUT2D eigenvalue weighted by Gasteiger charge is 2.25. The summed E-state index contributed by atoms with van der Waals surface area (Å²) in [7, 11) is 0. The molecule has 1 aromatic rings. The van der Waals surface area contributed by atoms with E-state index in [1.54, 1.807) is 6.07 Å². The Morgan fingerprint density at radius 2 is 2.29 bits per heavy atom. The smallest absolute Gasteiger partial charge is 0.233 e. The molecule has 1 unspecified atom stereocenters. The van der Waals surface area contributed by atoms with Crippen molar-refractivity contribution < 1.29 is 14.7 Å². The van der Waals surface area contributed by atoms with Crippen LogP contribution in [0.5, 0.6) is 0 Å². The van der Waals surface area contributed by atoms with E-state index < -0.39 is 5.97 Å². The Hall–Kier alpha value is -1.56. The SMILES string of the molecule is CCC1CCCCN1C(=O)CSc1ncccc1C(=O)[O-]. The second-order valence-electron chi connectivity index (χ2n) is 5.08. The van der Waals surface area contributed by atoms with E-state index in [1.807, 2.05) is 4.90 Å². The number of nitrogens with zero attached hydrogens (tertiary/aromatic N) is 2. The van der Waals surface area contributed by atoms with Crippen LogP contribution in [0, 0.1) is 0 Å². The maximum absolute atomic E-state index is 12.3. The number of hydrogen-bond donors (Lipinski definition) is 0. The van der Waals surface area contributed by atoms with Gasteiger partial charge in [0.2, 0.25) is 5.91 Å². The zero-order valence-electron chi connectivity index (χ0n) is 12.1. The quantitative estimate of drug-likeness (QED) is 0.767. The minimum Gasteiger partial charge on any atom is -0.545 e. The second-order valence-corrected chi connectivity index (χ2v) is 6.04. The van der Waals surface area contributed by atoms with E-state index >= 15 is 0 Å². The van der Waals surface area contributed by atoms with E-state index in [0.29, 0.717) is 11.1 Å². The van der Waals surface area contributed by atoms with Gasteiger partial charge in [-0.3, -0.25) is 4.79 Å². The summed E-state index contributed by atoms with van der Waals surface area (Å²) in [6.45, 7) is 2.89. The zero-order chi connectivity index (χ0) is 15.2. The lowest BCUT2D eigenvalue weighted by Crippen LogP contribution is -2.44. The molecule has 0 radical (unpaired) electrons. The number of carboxylic acid groups (broad SMARTS) is 1. The topological polar surface area (TPSA) is 73.3 Å². The van der Waals surface area contributed by atoms with Gasteiger partial charge in [0.05, 0.1) is 11.7 Å². The van der Waals surface area contributed by atoms with Gasteiger partial charge in [0.1, 0.15) is 5.03 Å². The van der Waals surface area contributed by atoms with Crippen molar-refractivity contribution in [1.82, 2.24) is 9.88 Å². The molecule has 1 aliphatic heterocycles. The number of aromatic nitrogens is 1. The van der Waals surface area contributed by atoms with Gasteiger partial charge < -0.3 is 14.8 Å². The van der Waals surface area contributed by atoms with E-state index in [1.165, 1.54) is 30.4 Å². The molecule has 0 saturated carbocycles. The van der Waals surface area contributed by atoms with E-state index in [9.17, 15) is 14.7 Å². The molecule has 0 spiro atoms. The van der Waals surface area contributed by atoms with Gasteiger partial charge in [-0.25, -0.2) is 4.98 Å². The number of carbonyl (C=O) groups is 2. The van der Waals surface area contributed by atoms with E-state index in [0.717, 1.165) is 25.8 Å². The predicted molar refractivity (Wildman–Crippen MR) is 78.9 cm³/mol. The molecule has 1 atom stereocenters. The third kappa shape index (κ3) is 3.97. The fourth-order valence-corrected chi connectivity index (χ4v) is 3.50. The fourth-order valence-electron chi connectivity index (χ4n) is 2.63. The van der Waals surface area contributed by atoms with E-state index in [2.05, 4.69) is 11.9 Å². The number of aromatic carboxylic acids is 1. The van der Waals surface area contributed by atoms with Gasteiger partial charge >= 0.3 is 0 Å². The summed E-state index contributed by atoms with van der Waals surface area (Å²) in [6.07, 6.45) is 5.76. The molecular weight excluding hydrogens is 288 g/mol. The number of carbonyl (C=O) groups excluding carboxylic acids is 2. The molecule has 1 aromatic heterocycles. The summed E-state index contributed by atoms with van der Waals surface area (Å²) in [5.41, 5.74) is 0.0426. The molecule has 0 N–H and O–H groups in total. The Balaban J connectivity index is 1.99. The molecule has 1 saturated heterocycles. The van der Waals surface area contributed by atoms with Crippen LogP contribution in [-0.4, -0.2) is 40.1 Å². The van der Waals surface area contributed by atoms with Crippen LogP contribution in [0.2, 0.25) is 0 Å². The van der Waals surface area contributed by atoms with Gasteiger partial charge in [0.25, 0.3) is 0 Å². The Kier molecular flexibility index (Phi) is 5.61. The standard InChI is InChI=1S/C15H20N2O3S/c1-2-11-6-3-4-9-17(11)13(18)10-21-14-12(15(19)20)7-5-8-16-14/h5,7-8,11H,2-4,6,9-10H2,1H3,(H,19,20)/p-1. The van der Waals surface area contributed by atoms with Crippen LogP contribution in [-0.2, 0) is 4.79 Å². The number of hydrogen-bond acceptors (Lipinski definition) is 5. The molecule has 6 heteroatoms. The first-order chi connectivity index (χ1) is 10.1. The largest absolute Gasteiger partial charge is 0.545 e. The van der Waals surface area contributed by atoms with Gasteiger partial charge in [-0.1, -0.05) is 18.7 Å². The van der Waals surface area contributed by atoms with Crippen LogP contribution in [0.4, 0.5) is 0 Å². The summed E-state index contributed by atoms with van der Waals surface area (Å²) in [4.78, 5) is 29.3. The number of rotatable bonds is 5. The molecule has 1 fully saturated rings. The average Bonchev–Trinajstić information content (AvgIpc) is 2.52. The number of amides is 1. The molecule has 2 heterocycles. The summed E-state index contributed by atoms with van der Waals surface area (Å²) in [6, 6.07) is 3.32. The van der Waals surface area contributed by atoms with Crippen molar-refractivity contribution in [2.45, 2.75) is 43.7 Å². The fraction of sp³-hybridized carbons (Fsp3) is 0.533. The molecule has 2 rings (SSSR count). The summed E-state index contributed by atoms with van der Waals surface area (Å²) in [5.74, 6) is -0.989. The van der Waals surface area contributed by atoms with Crippen LogP contribution in [0.25, 0.3) is 0 Å². The van der Waals surface area contributed by atoms with Crippen molar-refractivity contribution in [2.75, 3.05) is 12.3 Å². The van der Waals surface area contributed by atoms with Crippen molar-refractivity contribution in [3.63, 3.8) is 0 Å². The Morgan fingerprint density at radius 3 is 3.00 bits per heavy atom. The van der Waals surface area contributed by atoms with Gasteiger partial charge in [0.15, 0.2) is 0 Å². The highest BCUT2D eigenvalue weighted by molar-refractivity contribution is 8.00. The number of piperidine rings is 1. The van der Waals surface area contributed by atoms with Crippen LogP contribution in [0.3, 0.4) is 0 Å². The van der Waals surface area contributed by atoms with Crippen LogP contribution in [0.15, 0.2) is 23.4 Å². The number of thioether (sulfide) groups is 1. The molecular formula is C15H19N2O3S-. The van der Waals surface area contributed by atoms with Crippen molar-refractivity contribution in [3.05, 3.63) is 23.9 Å². The summed E-state index contributed by atoms with van der Waals surface area (Å²) in [5, 5.41) is 11.4. The Morgan fingerprint density at radius 1 is 1.48 bits per heavy atom. The lowest BCUT2D eigenvalue weighted by Gasteiger charge is -2.35. The monoisotopic (exact) mass is 307 g/mol. The van der Waals surface area contributed by atoms with Gasteiger partial charge in [0, 0.05) is 24.3 Å².